The fourth-order valence-corrected chi connectivity index (χ4v) is 14.0. The van der Waals surface area contributed by atoms with E-state index in [-0.39, 0.29) is 29.3 Å². The molecule has 4 aliphatic rings. The van der Waals surface area contributed by atoms with Crippen LogP contribution >= 0.6 is 0 Å². The molecule has 0 aromatic heterocycles. The third-order valence-corrected chi connectivity index (χ3v) is 17.0. The van der Waals surface area contributed by atoms with E-state index in [0.29, 0.717) is 37.9 Å². The minimum Gasteiger partial charge on any atom is -0.466 e. The Morgan fingerprint density at radius 3 is 1.45 bits per heavy atom. The number of esters is 1. The van der Waals surface area contributed by atoms with Crippen LogP contribution in [0.3, 0.4) is 0 Å². The molecule has 10 rings (SSSR count). The summed E-state index contributed by atoms with van der Waals surface area (Å²) in [5.41, 5.74) is 2.73. The van der Waals surface area contributed by atoms with Gasteiger partial charge in [-0.15, -0.1) is 0 Å². The second-order valence-electron chi connectivity index (χ2n) is 19.9. The van der Waals surface area contributed by atoms with E-state index in [1.807, 2.05) is 6.92 Å². The maximum absolute atomic E-state index is 14.0. The number of hydrogen-bond acceptors (Lipinski definition) is 5. The minimum absolute atomic E-state index is 0.0314. The predicted molar refractivity (Wildman–Crippen MR) is 257 cm³/mol. The molecule has 4 saturated carbocycles. The van der Waals surface area contributed by atoms with Gasteiger partial charge in [0.25, 0.3) is 0 Å². The number of fused-ring (bicyclic) bond motifs is 5. The molecule has 0 saturated heterocycles. The van der Waals surface area contributed by atoms with Crippen molar-refractivity contribution in [2.45, 2.75) is 94.5 Å². The Bertz CT molecular complexity index is 2300. The predicted octanol–water partition coefficient (Wildman–Crippen LogP) is 12.7. The van der Waals surface area contributed by atoms with Crippen LogP contribution in [0, 0.1) is 34.5 Å². The Balaban J connectivity index is 1.09. The molecule has 334 valence electrons. The molecule has 4 fully saturated rings. The highest BCUT2D eigenvalue weighted by Crippen LogP contribution is 2.69. The Labute approximate surface area is 386 Å². The lowest BCUT2D eigenvalue weighted by Crippen LogP contribution is -2.66. The van der Waals surface area contributed by atoms with Crippen molar-refractivity contribution in [2.75, 3.05) is 13.2 Å². The van der Waals surface area contributed by atoms with Crippen LogP contribution in [0.5, 0.6) is 0 Å². The summed E-state index contributed by atoms with van der Waals surface area (Å²) in [5, 5.41) is 14.0. The molecular formula is C60H64O5. The molecule has 5 heteroatoms. The first-order valence-corrected chi connectivity index (χ1v) is 24.3. The Morgan fingerprint density at radius 2 is 1.00 bits per heavy atom. The summed E-state index contributed by atoms with van der Waals surface area (Å²) in [6.07, 6.45) is 7.07. The lowest BCUT2D eigenvalue weighted by Gasteiger charge is -2.65. The van der Waals surface area contributed by atoms with Gasteiger partial charge in [-0.25, -0.2) is 0 Å². The molecule has 5 nitrogen and oxygen atoms in total. The first-order valence-electron chi connectivity index (χ1n) is 24.3. The molecule has 0 spiro atoms. The molecule has 0 radical (unpaired) electrons. The van der Waals surface area contributed by atoms with E-state index in [1.54, 1.807) is 0 Å². The first-order chi connectivity index (χ1) is 31.8. The van der Waals surface area contributed by atoms with Crippen LogP contribution in [0.1, 0.15) is 105 Å². The van der Waals surface area contributed by atoms with Crippen molar-refractivity contribution in [1.82, 2.24) is 0 Å². The van der Waals surface area contributed by atoms with Crippen LogP contribution in [0.15, 0.2) is 182 Å². The fraction of sp³-hybridized carbons (Fsp3) is 0.383. The van der Waals surface area contributed by atoms with Crippen molar-refractivity contribution in [2.24, 2.45) is 34.5 Å². The highest BCUT2D eigenvalue weighted by molar-refractivity contribution is 5.74. The lowest BCUT2D eigenvalue weighted by atomic mass is 9.42. The first kappa shape index (κ1) is 43.6. The number of benzene rings is 6. The van der Waals surface area contributed by atoms with Crippen molar-refractivity contribution in [3.8, 4) is 0 Å². The van der Waals surface area contributed by atoms with Crippen LogP contribution in [0.2, 0.25) is 0 Å². The van der Waals surface area contributed by atoms with Crippen LogP contribution in [0.4, 0.5) is 0 Å². The molecule has 8 atom stereocenters. The van der Waals surface area contributed by atoms with Crippen molar-refractivity contribution in [1.29, 1.82) is 0 Å². The van der Waals surface area contributed by atoms with Crippen molar-refractivity contribution < 1.29 is 24.1 Å². The van der Waals surface area contributed by atoms with Crippen molar-refractivity contribution >= 4 is 5.97 Å². The Kier molecular flexibility index (Phi) is 11.9. The number of carbonyl (C=O) groups excluding carboxylic acids is 1. The normalized spacial score (nSPS) is 28.6. The van der Waals surface area contributed by atoms with E-state index >= 15 is 0 Å². The second-order valence-corrected chi connectivity index (χ2v) is 19.9. The molecule has 0 unspecified atom stereocenters. The summed E-state index contributed by atoms with van der Waals surface area (Å²) < 4.78 is 21.4. The van der Waals surface area contributed by atoms with E-state index in [0.717, 1.165) is 78.3 Å². The zero-order chi connectivity index (χ0) is 44.5. The quantitative estimate of drug-likeness (QED) is 0.0925. The lowest BCUT2D eigenvalue weighted by molar-refractivity contribution is -0.262. The third-order valence-electron chi connectivity index (χ3n) is 17.0. The topological polar surface area (TPSA) is 65.0 Å². The molecule has 0 heterocycles. The van der Waals surface area contributed by atoms with Gasteiger partial charge in [0.05, 0.1) is 30.8 Å². The summed E-state index contributed by atoms with van der Waals surface area (Å²) in [4.78, 5) is 13.6. The van der Waals surface area contributed by atoms with Gasteiger partial charge in [0.15, 0.2) is 0 Å². The smallest absolute Gasteiger partial charge is 0.309 e. The van der Waals surface area contributed by atoms with Gasteiger partial charge in [0, 0.05) is 11.8 Å². The van der Waals surface area contributed by atoms with Gasteiger partial charge in [-0.05, 0) is 115 Å². The maximum Gasteiger partial charge on any atom is 0.309 e. The standard InChI is InChI=1S/C60H64O5/c1-3-63-55(61)54-35-34-52-51-37-41-58(62)42-50(65-60(47-28-16-7-17-29-47,48-30-18-8-19-31-48)49-32-20-9-21-33-49)36-40-57(58,53(51)38-39-56(52,54)2)43-64-59(44-22-10-4-11-23-44,45-24-12-5-13-25-45)46-26-14-6-15-27-46/h4-33,50-54,62H,3,34-43H2,1-2H3/t50-,51-,52-,53-,54+,56-,57-,58+/m0/s1. The summed E-state index contributed by atoms with van der Waals surface area (Å²) in [6, 6.07) is 63.9. The second kappa shape index (κ2) is 17.8. The number of aliphatic hydroxyl groups is 1. The largest absolute Gasteiger partial charge is 0.466 e. The molecular weight excluding hydrogens is 801 g/mol. The van der Waals surface area contributed by atoms with E-state index in [1.165, 1.54) is 0 Å². The van der Waals surface area contributed by atoms with Gasteiger partial charge >= 0.3 is 5.97 Å². The fourth-order valence-electron chi connectivity index (χ4n) is 14.0. The zero-order valence-corrected chi connectivity index (χ0v) is 38.1. The third kappa shape index (κ3) is 7.30. The van der Waals surface area contributed by atoms with Gasteiger partial charge in [-0.2, -0.15) is 0 Å². The maximum atomic E-state index is 14.0. The zero-order valence-electron chi connectivity index (χ0n) is 38.1. The number of rotatable bonds is 13. The van der Waals surface area contributed by atoms with Crippen molar-refractivity contribution in [3.63, 3.8) is 0 Å². The molecule has 0 bridgehead atoms. The Morgan fingerprint density at radius 1 is 0.554 bits per heavy atom. The van der Waals surface area contributed by atoms with E-state index in [2.05, 4.69) is 189 Å². The molecule has 4 aliphatic carbocycles. The molecule has 65 heavy (non-hydrogen) atoms. The molecule has 0 amide bonds. The van der Waals surface area contributed by atoms with Crippen LogP contribution in [-0.4, -0.2) is 36.0 Å². The average Bonchev–Trinajstić information content (AvgIpc) is 3.72. The number of carbonyl (C=O) groups is 1. The average molecular weight is 865 g/mol. The van der Waals surface area contributed by atoms with Gasteiger partial charge in [0.1, 0.15) is 11.2 Å². The number of hydrogen-bond donors (Lipinski definition) is 1. The van der Waals surface area contributed by atoms with Crippen LogP contribution in [-0.2, 0) is 30.2 Å². The Hall–Kier alpha value is -5.33. The van der Waals surface area contributed by atoms with Crippen LogP contribution in [0.25, 0.3) is 0 Å². The number of ether oxygens (including phenoxy) is 3. The molecule has 1 N–H and O–H groups in total. The van der Waals surface area contributed by atoms with Crippen molar-refractivity contribution in [3.05, 3.63) is 215 Å². The van der Waals surface area contributed by atoms with E-state index in [9.17, 15) is 9.90 Å². The molecule has 6 aromatic rings. The van der Waals surface area contributed by atoms with Gasteiger partial charge < -0.3 is 19.3 Å². The highest BCUT2D eigenvalue weighted by atomic mass is 16.5. The SMILES string of the molecule is CCOC(=O)[C@H]1CC[C@H]2[C@@H]3CC[C@@]4(O)C[C@@H](OC(c5ccccc5)(c5ccccc5)c5ccccc5)CC[C@]4(COC(c4ccccc4)(c4ccccc4)c4ccccc4)[C@H]3CC[C@]12C. The van der Waals surface area contributed by atoms with Crippen LogP contribution < -0.4 is 0 Å². The summed E-state index contributed by atoms with van der Waals surface area (Å²) in [5.74, 6) is 0.801. The minimum atomic E-state index is -1.09. The molecule has 6 aromatic carbocycles. The van der Waals surface area contributed by atoms with Gasteiger partial charge in [0.2, 0.25) is 0 Å². The summed E-state index contributed by atoms with van der Waals surface area (Å²) >= 11 is 0. The summed E-state index contributed by atoms with van der Waals surface area (Å²) in [7, 11) is 0. The summed E-state index contributed by atoms with van der Waals surface area (Å²) in [6.45, 7) is 5.07. The highest BCUT2D eigenvalue weighted by Gasteiger charge is 2.68. The monoisotopic (exact) mass is 864 g/mol. The van der Waals surface area contributed by atoms with Gasteiger partial charge in [-0.1, -0.05) is 189 Å². The van der Waals surface area contributed by atoms with E-state index in [4.69, 9.17) is 14.2 Å². The van der Waals surface area contributed by atoms with Gasteiger partial charge in [-0.3, -0.25) is 4.79 Å². The molecule has 0 aliphatic heterocycles. The van der Waals surface area contributed by atoms with E-state index < -0.39 is 22.2 Å².